The summed E-state index contributed by atoms with van der Waals surface area (Å²) in [5, 5.41) is 2.78. The highest BCUT2D eigenvalue weighted by atomic mass is 16.5. The molecule has 1 atom stereocenters. The van der Waals surface area contributed by atoms with Gasteiger partial charge in [-0.3, -0.25) is 4.79 Å². The Bertz CT molecular complexity index is 449. The molecule has 4 nitrogen and oxygen atoms in total. The van der Waals surface area contributed by atoms with Gasteiger partial charge in [-0.15, -0.1) is 0 Å². The number of amides is 1. The third-order valence-corrected chi connectivity index (χ3v) is 2.84. The second kappa shape index (κ2) is 7.08. The fourth-order valence-corrected chi connectivity index (χ4v) is 1.66. The Morgan fingerprint density at radius 1 is 1.20 bits per heavy atom. The molecule has 110 valence electrons. The van der Waals surface area contributed by atoms with Crippen LogP contribution in [0.2, 0.25) is 0 Å². The standard InChI is InChI=1S/C16H23NO3/c1-5-20-14(18)13(17-15(19)16(2,3)4)11-12-9-7-6-8-10-12/h6-10,13H,5,11H2,1-4H3,(H,17,19). The molecule has 0 aliphatic heterocycles. The fraction of sp³-hybridized carbons (Fsp3) is 0.500. The Balaban J connectivity index is 2.81. The highest BCUT2D eigenvalue weighted by molar-refractivity contribution is 5.87. The zero-order chi connectivity index (χ0) is 15.2. The zero-order valence-corrected chi connectivity index (χ0v) is 12.6. The van der Waals surface area contributed by atoms with E-state index in [2.05, 4.69) is 5.32 Å². The molecule has 1 unspecified atom stereocenters. The van der Waals surface area contributed by atoms with Crippen molar-refractivity contribution in [2.24, 2.45) is 5.41 Å². The SMILES string of the molecule is CCOC(=O)C(Cc1ccccc1)NC(=O)C(C)(C)C. The smallest absolute Gasteiger partial charge is 0.328 e. The van der Waals surface area contributed by atoms with E-state index in [-0.39, 0.29) is 5.91 Å². The molecule has 20 heavy (non-hydrogen) atoms. The van der Waals surface area contributed by atoms with Gasteiger partial charge < -0.3 is 10.1 Å². The summed E-state index contributed by atoms with van der Waals surface area (Å²) in [4.78, 5) is 24.0. The Labute approximate surface area is 120 Å². The monoisotopic (exact) mass is 277 g/mol. The number of ether oxygens (including phenoxy) is 1. The molecule has 0 fully saturated rings. The minimum atomic E-state index is -0.649. The summed E-state index contributed by atoms with van der Waals surface area (Å²) in [7, 11) is 0. The molecule has 4 heteroatoms. The van der Waals surface area contributed by atoms with Crippen LogP contribution >= 0.6 is 0 Å². The average molecular weight is 277 g/mol. The first kappa shape index (κ1) is 16.2. The maximum atomic E-state index is 12.1. The number of rotatable bonds is 5. The van der Waals surface area contributed by atoms with E-state index in [1.165, 1.54) is 0 Å². The average Bonchev–Trinajstić information content (AvgIpc) is 2.38. The van der Waals surface area contributed by atoms with Crippen LogP contribution in [0, 0.1) is 5.41 Å². The van der Waals surface area contributed by atoms with Gasteiger partial charge in [0.25, 0.3) is 0 Å². The van der Waals surface area contributed by atoms with Gasteiger partial charge in [-0.2, -0.15) is 0 Å². The van der Waals surface area contributed by atoms with Crippen molar-refractivity contribution in [3.8, 4) is 0 Å². The molecule has 0 saturated carbocycles. The van der Waals surface area contributed by atoms with E-state index in [0.717, 1.165) is 5.56 Å². The minimum Gasteiger partial charge on any atom is -0.464 e. The van der Waals surface area contributed by atoms with Crippen LogP contribution in [0.4, 0.5) is 0 Å². The topological polar surface area (TPSA) is 55.4 Å². The van der Waals surface area contributed by atoms with Gasteiger partial charge in [0, 0.05) is 11.8 Å². The van der Waals surface area contributed by atoms with Gasteiger partial charge in [0.2, 0.25) is 5.91 Å². The van der Waals surface area contributed by atoms with Crippen molar-refractivity contribution in [1.82, 2.24) is 5.32 Å². The van der Waals surface area contributed by atoms with Crippen molar-refractivity contribution in [3.63, 3.8) is 0 Å². The second-order valence-electron chi connectivity index (χ2n) is 5.72. The molecule has 0 aromatic heterocycles. The van der Waals surface area contributed by atoms with Crippen molar-refractivity contribution < 1.29 is 14.3 Å². The van der Waals surface area contributed by atoms with E-state index in [1.54, 1.807) is 6.92 Å². The molecule has 0 radical (unpaired) electrons. The molecule has 0 aliphatic rings. The lowest BCUT2D eigenvalue weighted by atomic mass is 9.94. The summed E-state index contributed by atoms with van der Waals surface area (Å²) in [6, 6.07) is 8.93. The Morgan fingerprint density at radius 2 is 1.80 bits per heavy atom. The van der Waals surface area contributed by atoms with Crippen LogP contribution in [0.25, 0.3) is 0 Å². The number of carbonyl (C=O) groups excluding carboxylic acids is 2. The highest BCUT2D eigenvalue weighted by Crippen LogP contribution is 2.14. The van der Waals surface area contributed by atoms with Crippen molar-refractivity contribution in [2.75, 3.05) is 6.61 Å². The maximum absolute atomic E-state index is 12.1. The highest BCUT2D eigenvalue weighted by Gasteiger charge is 2.28. The Hall–Kier alpha value is -1.84. The van der Waals surface area contributed by atoms with Crippen LogP contribution in [0.3, 0.4) is 0 Å². The van der Waals surface area contributed by atoms with E-state index >= 15 is 0 Å². The number of esters is 1. The van der Waals surface area contributed by atoms with Crippen molar-refractivity contribution in [2.45, 2.75) is 40.2 Å². The number of hydrogen-bond donors (Lipinski definition) is 1. The van der Waals surface area contributed by atoms with Gasteiger partial charge in [-0.05, 0) is 12.5 Å². The first-order valence-electron chi connectivity index (χ1n) is 6.86. The first-order chi connectivity index (χ1) is 9.34. The Kier molecular flexibility index (Phi) is 5.74. The predicted octanol–water partition coefficient (Wildman–Crippen LogP) is 2.32. The molecule has 1 aromatic carbocycles. The summed E-state index contributed by atoms with van der Waals surface area (Å²) < 4.78 is 5.04. The number of nitrogens with one attached hydrogen (secondary N) is 1. The molecule has 0 saturated heterocycles. The molecule has 0 heterocycles. The van der Waals surface area contributed by atoms with Crippen molar-refractivity contribution in [3.05, 3.63) is 35.9 Å². The summed E-state index contributed by atoms with van der Waals surface area (Å²) in [6.07, 6.45) is 0.432. The van der Waals surface area contributed by atoms with E-state index < -0.39 is 17.4 Å². The van der Waals surface area contributed by atoms with Crippen molar-refractivity contribution >= 4 is 11.9 Å². The number of hydrogen-bond acceptors (Lipinski definition) is 3. The zero-order valence-electron chi connectivity index (χ0n) is 12.6. The summed E-state index contributed by atoms with van der Waals surface area (Å²) in [5.41, 5.74) is 0.446. The van der Waals surface area contributed by atoms with Crippen LogP contribution in [0.5, 0.6) is 0 Å². The van der Waals surface area contributed by atoms with Crippen LogP contribution in [-0.4, -0.2) is 24.5 Å². The molecule has 0 bridgehead atoms. The molecular formula is C16H23NO3. The van der Waals surface area contributed by atoms with Crippen LogP contribution in [0.1, 0.15) is 33.3 Å². The van der Waals surface area contributed by atoms with Gasteiger partial charge in [-0.25, -0.2) is 4.79 Å². The van der Waals surface area contributed by atoms with Crippen LogP contribution in [-0.2, 0) is 20.7 Å². The quantitative estimate of drug-likeness (QED) is 0.840. The van der Waals surface area contributed by atoms with Gasteiger partial charge in [0.15, 0.2) is 0 Å². The number of carbonyl (C=O) groups is 2. The second-order valence-corrected chi connectivity index (χ2v) is 5.72. The molecule has 1 N–H and O–H groups in total. The van der Waals surface area contributed by atoms with Crippen LogP contribution < -0.4 is 5.32 Å². The lowest BCUT2D eigenvalue weighted by Gasteiger charge is -2.23. The Morgan fingerprint density at radius 3 is 2.30 bits per heavy atom. The van der Waals surface area contributed by atoms with E-state index in [1.807, 2.05) is 51.1 Å². The van der Waals surface area contributed by atoms with Gasteiger partial charge >= 0.3 is 5.97 Å². The molecule has 0 spiro atoms. The van der Waals surface area contributed by atoms with Gasteiger partial charge in [0.05, 0.1) is 6.61 Å². The fourth-order valence-electron chi connectivity index (χ4n) is 1.66. The first-order valence-corrected chi connectivity index (χ1v) is 6.86. The molecule has 1 amide bonds. The lowest BCUT2D eigenvalue weighted by Crippen LogP contribution is -2.47. The lowest BCUT2D eigenvalue weighted by molar-refractivity contribution is -0.148. The molecule has 1 rings (SSSR count). The normalized spacial score (nSPS) is 12.6. The maximum Gasteiger partial charge on any atom is 0.328 e. The third-order valence-electron chi connectivity index (χ3n) is 2.84. The summed E-state index contributed by atoms with van der Waals surface area (Å²) in [6.45, 7) is 7.49. The van der Waals surface area contributed by atoms with Crippen molar-refractivity contribution in [1.29, 1.82) is 0 Å². The van der Waals surface area contributed by atoms with E-state index in [4.69, 9.17) is 4.74 Å². The molecular weight excluding hydrogens is 254 g/mol. The summed E-state index contributed by atoms with van der Waals surface area (Å²) >= 11 is 0. The molecule has 0 aliphatic carbocycles. The summed E-state index contributed by atoms with van der Waals surface area (Å²) in [5.74, 6) is -0.555. The van der Waals surface area contributed by atoms with E-state index in [9.17, 15) is 9.59 Å². The minimum absolute atomic E-state index is 0.161. The van der Waals surface area contributed by atoms with Gasteiger partial charge in [0.1, 0.15) is 6.04 Å². The largest absolute Gasteiger partial charge is 0.464 e. The third kappa shape index (κ3) is 5.03. The number of benzene rings is 1. The van der Waals surface area contributed by atoms with E-state index in [0.29, 0.717) is 13.0 Å². The van der Waals surface area contributed by atoms with Crippen LogP contribution in [0.15, 0.2) is 30.3 Å². The predicted molar refractivity (Wildman–Crippen MR) is 78.2 cm³/mol. The van der Waals surface area contributed by atoms with Gasteiger partial charge in [-0.1, -0.05) is 51.1 Å². The molecule has 1 aromatic rings.